The number of rotatable bonds is 6. The fraction of sp³-hybridized carbons (Fsp3) is 0.476. The van der Waals surface area contributed by atoms with Crippen molar-refractivity contribution in [3.05, 3.63) is 47.8 Å². The summed E-state index contributed by atoms with van der Waals surface area (Å²) >= 11 is 0. The van der Waals surface area contributed by atoms with Crippen LogP contribution >= 0.6 is 24.0 Å². The van der Waals surface area contributed by atoms with E-state index in [1.807, 2.05) is 12.1 Å². The largest absolute Gasteiger partial charge is 0.496 e. The number of aryl methyl sites for hydroxylation is 1. The highest BCUT2D eigenvalue weighted by Crippen LogP contribution is 2.20. The van der Waals surface area contributed by atoms with Gasteiger partial charge in [-0.2, -0.15) is 0 Å². The van der Waals surface area contributed by atoms with E-state index in [9.17, 15) is 0 Å². The van der Waals surface area contributed by atoms with E-state index in [4.69, 9.17) is 9.73 Å². The number of nitrogens with zero attached hydrogens (tertiary/aromatic N) is 5. The zero-order valence-corrected chi connectivity index (χ0v) is 19.8. The first-order valence-electron chi connectivity index (χ1n) is 9.90. The zero-order chi connectivity index (χ0) is 19.8. The van der Waals surface area contributed by atoms with E-state index in [0.717, 1.165) is 63.3 Å². The van der Waals surface area contributed by atoms with Crippen molar-refractivity contribution >= 4 is 35.9 Å². The van der Waals surface area contributed by atoms with Gasteiger partial charge in [-0.25, -0.2) is 9.97 Å². The third-order valence-corrected chi connectivity index (χ3v) is 4.83. The molecule has 0 atom stereocenters. The molecule has 7 nitrogen and oxygen atoms in total. The Morgan fingerprint density at radius 2 is 1.90 bits per heavy atom. The van der Waals surface area contributed by atoms with Gasteiger partial charge >= 0.3 is 0 Å². The molecule has 2 heterocycles. The number of ether oxygens (including phenoxy) is 1. The van der Waals surface area contributed by atoms with E-state index in [-0.39, 0.29) is 24.0 Å². The lowest BCUT2D eigenvalue weighted by Gasteiger charge is -2.36. The lowest BCUT2D eigenvalue weighted by atomic mass is 10.1. The predicted molar refractivity (Wildman–Crippen MR) is 129 cm³/mol. The Kier molecular flexibility index (Phi) is 9.43. The number of guanidine groups is 1. The number of benzene rings is 1. The number of aliphatic imine (C=N–C) groups is 1. The summed E-state index contributed by atoms with van der Waals surface area (Å²) in [5.74, 6) is 2.71. The summed E-state index contributed by atoms with van der Waals surface area (Å²) in [5, 5.41) is 3.43. The second kappa shape index (κ2) is 11.8. The van der Waals surface area contributed by atoms with Gasteiger partial charge in [0.2, 0.25) is 5.95 Å². The summed E-state index contributed by atoms with van der Waals surface area (Å²) in [5.41, 5.74) is 2.44. The first-order chi connectivity index (χ1) is 13.7. The molecule has 1 aromatic carbocycles. The highest BCUT2D eigenvalue weighted by molar-refractivity contribution is 14.0. The maximum atomic E-state index is 5.48. The first-order valence-corrected chi connectivity index (χ1v) is 9.90. The van der Waals surface area contributed by atoms with Crippen LogP contribution in [0.3, 0.4) is 0 Å². The third kappa shape index (κ3) is 6.45. The van der Waals surface area contributed by atoms with Gasteiger partial charge in [-0.15, -0.1) is 24.0 Å². The molecular formula is C21H31IN6O. The lowest BCUT2D eigenvalue weighted by molar-refractivity contribution is 0.370. The Labute approximate surface area is 190 Å². The van der Waals surface area contributed by atoms with E-state index >= 15 is 0 Å². The molecule has 0 bridgehead atoms. The zero-order valence-electron chi connectivity index (χ0n) is 17.5. The van der Waals surface area contributed by atoms with Gasteiger partial charge in [0.25, 0.3) is 0 Å². The van der Waals surface area contributed by atoms with E-state index in [0.29, 0.717) is 0 Å². The standard InChI is InChI=1S/C21H30N6O.HI/c1-4-22-20(25-11-8-18-16-17(2)6-7-19(18)28-3)26-12-14-27(15-13-26)21-23-9-5-10-24-21;/h5-7,9-10,16H,4,8,11-15H2,1-3H3,(H,22,25);1H. The van der Waals surface area contributed by atoms with Gasteiger partial charge in [-0.1, -0.05) is 17.7 Å². The molecule has 29 heavy (non-hydrogen) atoms. The van der Waals surface area contributed by atoms with E-state index in [1.54, 1.807) is 19.5 Å². The van der Waals surface area contributed by atoms with Crippen LogP contribution in [0.15, 0.2) is 41.7 Å². The number of methoxy groups -OCH3 is 1. The molecule has 1 N–H and O–H groups in total. The molecule has 0 spiro atoms. The van der Waals surface area contributed by atoms with E-state index < -0.39 is 0 Å². The van der Waals surface area contributed by atoms with Gasteiger partial charge in [0, 0.05) is 51.7 Å². The van der Waals surface area contributed by atoms with Crippen LogP contribution in [-0.4, -0.2) is 67.2 Å². The van der Waals surface area contributed by atoms with Crippen LogP contribution < -0.4 is 15.0 Å². The molecule has 1 aromatic heterocycles. The number of hydrogen-bond donors (Lipinski definition) is 1. The molecule has 1 aliphatic rings. The topological polar surface area (TPSA) is 65.9 Å². The van der Waals surface area contributed by atoms with Gasteiger partial charge in [0.1, 0.15) is 5.75 Å². The van der Waals surface area contributed by atoms with Crippen LogP contribution in [0.4, 0.5) is 5.95 Å². The Hall–Kier alpha value is -2.10. The van der Waals surface area contributed by atoms with Crippen molar-refractivity contribution in [2.45, 2.75) is 20.3 Å². The fourth-order valence-electron chi connectivity index (χ4n) is 3.38. The van der Waals surface area contributed by atoms with Crippen molar-refractivity contribution in [2.24, 2.45) is 4.99 Å². The number of nitrogens with one attached hydrogen (secondary N) is 1. The Morgan fingerprint density at radius 3 is 2.55 bits per heavy atom. The van der Waals surface area contributed by atoms with Crippen molar-refractivity contribution in [1.29, 1.82) is 0 Å². The third-order valence-electron chi connectivity index (χ3n) is 4.83. The summed E-state index contributed by atoms with van der Waals surface area (Å²) in [6, 6.07) is 8.13. The van der Waals surface area contributed by atoms with Crippen LogP contribution in [0, 0.1) is 6.92 Å². The molecule has 158 valence electrons. The smallest absolute Gasteiger partial charge is 0.225 e. The molecule has 1 saturated heterocycles. The molecule has 0 amide bonds. The second-order valence-corrected chi connectivity index (χ2v) is 6.82. The van der Waals surface area contributed by atoms with Crippen LogP contribution in [0.1, 0.15) is 18.1 Å². The minimum absolute atomic E-state index is 0. The molecular weight excluding hydrogens is 479 g/mol. The summed E-state index contributed by atoms with van der Waals surface area (Å²) in [6.45, 7) is 9.37. The fourth-order valence-corrected chi connectivity index (χ4v) is 3.38. The Balaban J connectivity index is 0.00000300. The molecule has 0 aliphatic carbocycles. The molecule has 1 aliphatic heterocycles. The summed E-state index contributed by atoms with van der Waals surface area (Å²) < 4.78 is 5.48. The summed E-state index contributed by atoms with van der Waals surface area (Å²) in [4.78, 5) is 18.1. The SMILES string of the molecule is CCNC(=NCCc1cc(C)ccc1OC)N1CCN(c2ncccn2)CC1.I. The number of anilines is 1. The molecule has 2 aromatic rings. The Bertz CT molecular complexity index is 778. The summed E-state index contributed by atoms with van der Waals surface area (Å²) in [7, 11) is 1.72. The summed E-state index contributed by atoms with van der Waals surface area (Å²) in [6.07, 6.45) is 4.44. The van der Waals surface area contributed by atoms with E-state index in [2.05, 4.69) is 51.1 Å². The highest BCUT2D eigenvalue weighted by Gasteiger charge is 2.21. The average Bonchev–Trinajstić information content (AvgIpc) is 2.74. The van der Waals surface area contributed by atoms with Crippen molar-refractivity contribution in [3.8, 4) is 5.75 Å². The van der Waals surface area contributed by atoms with Gasteiger partial charge < -0.3 is 19.9 Å². The van der Waals surface area contributed by atoms with Gasteiger partial charge in [0.05, 0.1) is 7.11 Å². The van der Waals surface area contributed by atoms with Crippen molar-refractivity contribution < 1.29 is 4.74 Å². The van der Waals surface area contributed by atoms with Crippen LogP contribution in [0.25, 0.3) is 0 Å². The van der Waals surface area contributed by atoms with E-state index in [1.165, 1.54) is 11.1 Å². The molecule has 0 saturated carbocycles. The maximum Gasteiger partial charge on any atom is 0.225 e. The van der Waals surface area contributed by atoms with Crippen LogP contribution in [0.2, 0.25) is 0 Å². The predicted octanol–water partition coefficient (Wildman–Crippen LogP) is 2.74. The van der Waals surface area contributed by atoms with Crippen molar-refractivity contribution in [2.75, 3.05) is 51.3 Å². The molecule has 3 rings (SSSR count). The quantitative estimate of drug-likeness (QED) is 0.367. The van der Waals surface area contributed by atoms with Crippen LogP contribution in [0.5, 0.6) is 5.75 Å². The number of halogens is 1. The molecule has 8 heteroatoms. The van der Waals surface area contributed by atoms with Crippen LogP contribution in [-0.2, 0) is 6.42 Å². The number of piperazine rings is 1. The maximum absolute atomic E-state index is 5.48. The monoisotopic (exact) mass is 510 g/mol. The highest BCUT2D eigenvalue weighted by atomic mass is 127. The normalized spacial score (nSPS) is 14.4. The molecule has 1 fully saturated rings. The van der Waals surface area contributed by atoms with Crippen molar-refractivity contribution in [3.63, 3.8) is 0 Å². The number of aromatic nitrogens is 2. The minimum atomic E-state index is 0. The van der Waals surface area contributed by atoms with Gasteiger partial charge in [-0.05, 0) is 38.0 Å². The number of hydrogen-bond acceptors (Lipinski definition) is 5. The lowest BCUT2D eigenvalue weighted by Crippen LogP contribution is -2.53. The minimum Gasteiger partial charge on any atom is -0.496 e. The molecule has 0 radical (unpaired) electrons. The molecule has 0 unspecified atom stereocenters. The van der Waals surface area contributed by atoms with Gasteiger partial charge in [0.15, 0.2) is 5.96 Å². The second-order valence-electron chi connectivity index (χ2n) is 6.82. The first kappa shape index (κ1) is 23.2. The van der Waals surface area contributed by atoms with Crippen molar-refractivity contribution in [1.82, 2.24) is 20.2 Å². The Morgan fingerprint density at radius 1 is 1.17 bits per heavy atom. The van der Waals surface area contributed by atoms with Gasteiger partial charge in [-0.3, -0.25) is 4.99 Å². The average molecular weight is 510 g/mol.